The summed E-state index contributed by atoms with van der Waals surface area (Å²) in [5, 5.41) is 0. The fourth-order valence-corrected chi connectivity index (χ4v) is 1.61. The summed E-state index contributed by atoms with van der Waals surface area (Å²) in [5.74, 6) is 0. The van der Waals surface area contributed by atoms with Crippen LogP contribution < -0.4 is 0 Å². The lowest BCUT2D eigenvalue weighted by Gasteiger charge is -2.11. The lowest BCUT2D eigenvalue weighted by molar-refractivity contribution is 0.0792. The van der Waals surface area contributed by atoms with Gasteiger partial charge in [-0.3, -0.25) is 4.90 Å². The first-order valence-electron chi connectivity index (χ1n) is 4.80. The van der Waals surface area contributed by atoms with Crippen LogP contribution in [-0.4, -0.2) is 31.4 Å². The zero-order valence-corrected chi connectivity index (χ0v) is 8.55. The van der Waals surface area contributed by atoms with Crippen LogP contribution in [0, 0.1) is 0 Å². The van der Waals surface area contributed by atoms with Gasteiger partial charge in [-0.1, -0.05) is 30.3 Å². The van der Waals surface area contributed by atoms with Crippen molar-refractivity contribution in [1.29, 1.82) is 0 Å². The summed E-state index contributed by atoms with van der Waals surface area (Å²) in [7, 11) is 1.37. The van der Waals surface area contributed by atoms with Crippen molar-refractivity contribution in [2.45, 2.75) is 6.10 Å². The molecule has 4 heteroatoms. The van der Waals surface area contributed by atoms with E-state index in [9.17, 15) is 4.79 Å². The summed E-state index contributed by atoms with van der Waals surface area (Å²) >= 11 is 0. The van der Waals surface area contributed by atoms with Gasteiger partial charge in [0.25, 0.3) is 0 Å². The first kappa shape index (κ1) is 9.98. The summed E-state index contributed by atoms with van der Waals surface area (Å²) in [4.78, 5) is 12.8. The Morgan fingerprint density at radius 3 is 2.87 bits per heavy atom. The number of benzene rings is 1. The number of rotatable bonds is 1. The molecule has 2 rings (SSSR count). The molecule has 1 unspecified atom stereocenters. The van der Waals surface area contributed by atoms with Crippen molar-refractivity contribution in [3.05, 3.63) is 35.9 Å². The fraction of sp³-hybridized carbons (Fsp3) is 0.364. The molecule has 15 heavy (non-hydrogen) atoms. The highest BCUT2D eigenvalue weighted by molar-refractivity contribution is 5.67. The molecule has 1 heterocycles. The summed E-state index contributed by atoms with van der Waals surface area (Å²) in [6, 6.07) is 9.85. The molecule has 0 N–H and O–H groups in total. The van der Waals surface area contributed by atoms with E-state index in [1.807, 2.05) is 30.3 Å². The van der Waals surface area contributed by atoms with Gasteiger partial charge in [0, 0.05) is 0 Å². The predicted octanol–water partition coefficient (Wildman–Crippen LogP) is 1.78. The van der Waals surface area contributed by atoms with Gasteiger partial charge in [-0.05, 0) is 5.56 Å². The zero-order valence-electron chi connectivity index (χ0n) is 8.55. The van der Waals surface area contributed by atoms with E-state index in [4.69, 9.17) is 4.74 Å². The predicted molar refractivity (Wildman–Crippen MR) is 54.2 cm³/mol. The quantitative estimate of drug-likeness (QED) is 0.704. The maximum Gasteiger partial charge on any atom is 0.411 e. The topological polar surface area (TPSA) is 38.8 Å². The smallest absolute Gasteiger partial charge is 0.411 e. The van der Waals surface area contributed by atoms with Crippen molar-refractivity contribution in [3.63, 3.8) is 0 Å². The summed E-state index contributed by atoms with van der Waals surface area (Å²) in [6.45, 7) is 0.850. The lowest BCUT2D eigenvalue weighted by Crippen LogP contribution is -2.28. The van der Waals surface area contributed by atoms with E-state index < -0.39 is 0 Å². The molecule has 80 valence electrons. The van der Waals surface area contributed by atoms with Gasteiger partial charge in [0.2, 0.25) is 0 Å². The highest BCUT2D eigenvalue weighted by atomic mass is 16.6. The number of methoxy groups -OCH3 is 1. The molecule has 1 aromatic rings. The molecule has 1 aliphatic rings. The Morgan fingerprint density at radius 2 is 2.20 bits per heavy atom. The highest BCUT2D eigenvalue weighted by Crippen LogP contribution is 2.24. The van der Waals surface area contributed by atoms with E-state index >= 15 is 0 Å². The fourth-order valence-electron chi connectivity index (χ4n) is 1.61. The van der Waals surface area contributed by atoms with Crippen LogP contribution in [0.3, 0.4) is 0 Å². The first-order valence-corrected chi connectivity index (χ1v) is 4.80. The van der Waals surface area contributed by atoms with E-state index in [2.05, 4.69) is 4.74 Å². The van der Waals surface area contributed by atoms with E-state index in [1.54, 1.807) is 0 Å². The number of hydrogen-bond donors (Lipinski definition) is 0. The molecule has 0 spiro atoms. The Balaban J connectivity index is 2.02. The maximum absolute atomic E-state index is 11.2. The van der Waals surface area contributed by atoms with Crippen molar-refractivity contribution in [3.8, 4) is 0 Å². The van der Waals surface area contributed by atoms with Gasteiger partial charge >= 0.3 is 6.09 Å². The molecular formula is C11H13NO3. The Hall–Kier alpha value is -1.55. The number of carbonyl (C=O) groups is 1. The molecule has 0 aromatic heterocycles. The molecule has 1 aliphatic heterocycles. The molecule has 4 nitrogen and oxygen atoms in total. The molecular weight excluding hydrogens is 194 g/mol. The number of ether oxygens (including phenoxy) is 2. The van der Waals surface area contributed by atoms with Crippen molar-refractivity contribution < 1.29 is 14.3 Å². The Morgan fingerprint density at radius 1 is 1.47 bits per heavy atom. The highest BCUT2D eigenvalue weighted by Gasteiger charge is 2.28. The SMILES string of the molecule is COC(=O)N1COC(c2ccccc2)C1. The minimum atomic E-state index is -0.339. The minimum absolute atomic E-state index is 0.0368. The van der Waals surface area contributed by atoms with E-state index in [-0.39, 0.29) is 12.2 Å². The maximum atomic E-state index is 11.2. The van der Waals surface area contributed by atoms with Gasteiger partial charge in [0.05, 0.1) is 13.7 Å². The van der Waals surface area contributed by atoms with Crippen LogP contribution in [0.2, 0.25) is 0 Å². The van der Waals surface area contributed by atoms with Crippen molar-refractivity contribution >= 4 is 6.09 Å². The second-order valence-electron chi connectivity index (χ2n) is 3.39. The molecule has 1 aromatic carbocycles. The van der Waals surface area contributed by atoms with Crippen molar-refractivity contribution in [1.82, 2.24) is 4.90 Å². The molecule has 1 fully saturated rings. The molecule has 0 aliphatic carbocycles. The molecule has 0 bridgehead atoms. The number of carbonyl (C=O) groups excluding carboxylic acids is 1. The largest absolute Gasteiger partial charge is 0.453 e. The van der Waals surface area contributed by atoms with Gasteiger partial charge < -0.3 is 9.47 Å². The molecule has 0 saturated carbocycles. The Bertz CT molecular complexity index is 339. The molecule has 1 atom stereocenters. The van der Waals surface area contributed by atoms with Crippen LogP contribution in [-0.2, 0) is 9.47 Å². The third kappa shape index (κ3) is 2.10. The van der Waals surface area contributed by atoms with Gasteiger partial charge in [0.15, 0.2) is 0 Å². The number of hydrogen-bond acceptors (Lipinski definition) is 3. The van der Waals surface area contributed by atoms with Gasteiger partial charge in [-0.2, -0.15) is 0 Å². The van der Waals surface area contributed by atoms with E-state index in [1.165, 1.54) is 12.0 Å². The average molecular weight is 207 g/mol. The monoisotopic (exact) mass is 207 g/mol. The molecule has 1 saturated heterocycles. The van der Waals surface area contributed by atoms with E-state index in [0.717, 1.165) is 5.56 Å². The number of amides is 1. The van der Waals surface area contributed by atoms with Crippen LogP contribution >= 0.6 is 0 Å². The Kier molecular flexibility index (Phi) is 2.87. The Labute approximate surface area is 88.4 Å². The summed E-state index contributed by atoms with van der Waals surface area (Å²) in [5.41, 5.74) is 1.09. The van der Waals surface area contributed by atoms with Crippen LogP contribution in [0.4, 0.5) is 4.79 Å². The minimum Gasteiger partial charge on any atom is -0.453 e. The standard InChI is InChI=1S/C11H13NO3/c1-14-11(13)12-7-10(15-8-12)9-5-3-2-4-6-9/h2-6,10H,7-8H2,1H3. The molecule has 0 radical (unpaired) electrons. The van der Waals surface area contributed by atoms with Crippen LogP contribution in [0.1, 0.15) is 11.7 Å². The van der Waals surface area contributed by atoms with Crippen molar-refractivity contribution in [2.24, 2.45) is 0 Å². The van der Waals surface area contributed by atoms with Gasteiger partial charge in [0.1, 0.15) is 12.8 Å². The first-order chi connectivity index (χ1) is 7.31. The molecule has 1 amide bonds. The summed E-state index contributed by atoms with van der Waals surface area (Å²) in [6.07, 6.45) is -0.376. The van der Waals surface area contributed by atoms with Gasteiger partial charge in [-0.15, -0.1) is 0 Å². The normalized spacial score (nSPS) is 20.3. The van der Waals surface area contributed by atoms with Gasteiger partial charge in [-0.25, -0.2) is 4.79 Å². The zero-order chi connectivity index (χ0) is 10.7. The van der Waals surface area contributed by atoms with E-state index in [0.29, 0.717) is 13.3 Å². The summed E-state index contributed by atoms with van der Waals surface area (Å²) < 4.78 is 10.1. The number of nitrogens with zero attached hydrogens (tertiary/aromatic N) is 1. The third-order valence-electron chi connectivity index (χ3n) is 2.42. The third-order valence-corrected chi connectivity index (χ3v) is 2.42. The average Bonchev–Trinajstić information content (AvgIpc) is 2.78. The lowest BCUT2D eigenvalue weighted by atomic mass is 10.1. The second kappa shape index (κ2) is 4.31. The van der Waals surface area contributed by atoms with Crippen LogP contribution in [0.5, 0.6) is 0 Å². The van der Waals surface area contributed by atoms with Crippen LogP contribution in [0.25, 0.3) is 0 Å². The van der Waals surface area contributed by atoms with Crippen molar-refractivity contribution in [2.75, 3.05) is 20.4 Å². The van der Waals surface area contributed by atoms with Crippen LogP contribution in [0.15, 0.2) is 30.3 Å². The second-order valence-corrected chi connectivity index (χ2v) is 3.39.